The molecule has 1 unspecified atom stereocenters. The fourth-order valence-corrected chi connectivity index (χ4v) is 7.06. The molecule has 0 spiro atoms. The number of carboxylic acid groups (broad SMARTS) is 1. The third-order valence-corrected chi connectivity index (χ3v) is 8.87. The summed E-state index contributed by atoms with van der Waals surface area (Å²) in [6.45, 7) is 2.54. The zero-order chi connectivity index (χ0) is 26.1. The molecule has 3 aromatic rings. The number of ether oxygens (including phenoxy) is 1. The first-order chi connectivity index (χ1) is 17.8. The van der Waals surface area contributed by atoms with Crippen LogP contribution in [-0.2, 0) is 16.1 Å². The summed E-state index contributed by atoms with van der Waals surface area (Å²) in [4.78, 5) is 29.9. The fraction of sp³-hybridized carbons (Fsp3) is 0.500. The highest BCUT2D eigenvalue weighted by molar-refractivity contribution is 7.21. The molecule has 1 aromatic carbocycles. The Kier molecular flexibility index (Phi) is 7.91. The number of morpholine rings is 1. The second-order valence-corrected chi connectivity index (χ2v) is 11.9. The summed E-state index contributed by atoms with van der Waals surface area (Å²) in [6, 6.07) is 9.52. The molecule has 1 saturated carbocycles. The molecule has 5 rings (SSSR count). The second-order valence-electron chi connectivity index (χ2n) is 10.4. The van der Waals surface area contributed by atoms with Crippen molar-refractivity contribution in [1.29, 1.82) is 0 Å². The lowest BCUT2D eigenvalue weighted by Crippen LogP contribution is -2.49. The maximum absolute atomic E-state index is 13.7. The summed E-state index contributed by atoms with van der Waals surface area (Å²) < 4.78 is 8.94. The van der Waals surface area contributed by atoms with Gasteiger partial charge in [-0.15, -0.1) is 11.3 Å². The van der Waals surface area contributed by atoms with E-state index in [1.165, 1.54) is 23.3 Å². The van der Waals surface area contributed by atoms with Gasteiger partial charge in [0.15, 0.2) is 0 Å². The van der Waals surface area contributed by atoms with Crippen LogP contribution in [-0.4, -0.2) is 77.8 Å². The van der Waals surface area contributed by atoms with Gasteiger partial charge in [-0.3, -0.25) is 4.79 Å². The van der Waals surface area contributed by atoms with Crippen LogP contribution in [0.15, 0.2) is 30.3 Å². The molecule has 198 valence electrons. The normalized spacial score (nSPS) is 19.1. The van der Waals surface area contributed by atoms with Crippen molar-refractivity contribution in [3.8, 4) is 11.3 Å². The second kappa shape index (κ2) is 11.2. The number of hydrogen-bond donors (Lipinski definition) is 1. The van der Waals surface area contributed by atoms with Gasteiger partial charge in [-0.05, 0) is 62.2 Å². The van der Waals surface area contributed by atoms with E-state index in [0.717, 1.165) is 53.7 Å². The monoisotopic (exact) mass is 543 g/mol. The number of thiophene rings is 1. The number of fused-ring (bicyclic) bond motifs is 1. The molecule has 1 saturated heterocycles. The van der Waals surface area contributed by atoms with Crippen LogP contribution in [0.25, 0.3) is 21.5 Å². The van der Waals surface area contributed by atoms with Crippen LogP contribution in [0, 0.1) is 0 Å². The lowest BCUT2D eigenvalue weighted by molar-refractivity contribution is -0.139. The Morgan fingerprint density at radius 3 is 2.57 bits per heavy atom. The third-order valence-electron chi connectivity index (χ3n) is 7.47. The van der Waals surface area contributed by atoms with Crippen molar-refractivity contribution in [3.05, 3.63) is 45.8 Å². The predicted molar refractivity (Wildman–Crippen MR) is 148 cm³/mol. The quantitative estimate of drug-likeness (QED) is 0.422. The van der Waals surface area contributed by atoms with Gasteiger partial charge in [0.25, 0.3) is 0 Å². The predicted octanol–water partition coefficient (Wildman–Crippen LogP) is 5.56. The highest BCUT2D eigenvalue weighted by atomic mass is 35.5. The van der Waals surface area contributed by atoms with Crippen LogP contribution >= 0.6 is 22.9 Å². The van der Waals surface area contributed by atoms with Crippen molar-refractivity contribution in [3.63, 3.8) is 0 Å². The van der Waals surface area contributed by atoms with Crippen LogP contribution in [0.1, 0.15) is 53.3 Å². The van der Waals surface area contributed by atoms with Crippen LogP contribution in [0.4, 0.5) is 0 Å². The number of rotatable bonds is 7. The Balaban J connectivity index is 1.60. The van der Waals surface area contributed by atoms with E-state index in [9.17, 15) is 14.7 Å². The Bertz CT molecular complexity index is 1280. The number of benzene rings is 1. The minimum absolute atomic E-state index is 0.0225. The molecule has 9 heteroatoms. The van der Waals surface area contributed by atoms with Crippen molar-refractivity contribution in [2.24, 2.45) is 0 Å². The lowest BCUT2D eigenvalue weighted by Gasteiger charge is -2.34. The number of carbonyl (C=O) groups excluding carboxylic acids is 1. The first kappa shape index (κ1) is 26.2. The van der Waals surface area contributed by atoms with E-state index in [0.29, 0.717) is 35.5 Å². The summed E-state index contributed by atoms with van der Waals surface area (Å²) in [5.74, 6) is -0.565. The topological polar surface area (TPSA) is 75.0 Å². The van der Waals surface area contributed by atoms with E-state index in [4.69, 9.17) is 16.3 Å². The van der Waals surface area contributed by atoms with Crippen molar-refractivity contribution < 1.29 is 19.4 Å². The maximum atomic E-state index is 13.7. The van der Waals surface area contributed by atoms with Gasteiger partial charge in [0.2, 0.25) is 5.91 Å². The van der Waals surface area contributed by atoms with E-state index in [1.807, 2.05) is 43.3 Å². The molecule has 2 aliphatic rings. The number of carbonyl (C=O) groups is 2. The van der Waals surface area contributed by atoms with Crippen LogP contribution < -0.4 is 0 Å². The minimum atomic E-state index is -0.929. The SMILES string of the molecule is CN(C)CC1CN(C(=O)Cn2c(-c3ccc(Cl)cc3)c(C3CCCCC3)c3sc(C(=O)O)cc32)CCO1. The molecule has 1 aliphatic heterocycles. The Hall–Kier alpha value is -2.39. The van der Waals surface area contributed by atoms with Crippen LogP contribution in [0.5, 0.6) is 0 Å². The van der Waals surface area contributed by atoms with Gasteiger partial charge in [0.1, 0.15) is 11.4 Å². The number of aromatic nitrogens is 1. The summed E-state index contributed by atoms with van der Waals surface area (Å²) >= 11 is 7.56. The van der Waals surface area contributed by atoms with Gasteiger partial charge in [-0.2, -0.15) is 0 Å². The number of likely N-dealkylation sites (N-methyl/N-ethyl adjacent to an activating group) is 1. The molecule has 1 atom stereocenters. The maximum Gasteiger partial charge on any atom is 0.345 e. The number of aromatic carboxylic acids is 1. The Labute approximate surface area is 226 Å². The van der Waals surface area contributed by atoms with Gasteiger partial charge < -0.3 is 24.2 Å². The van der Waals surface area contributed by atoms with Crippen molar-refractivity contribution in [2.45, 2.75) is 50.7 Å². The third kappa shape index (κ3) is 5.58. The van der Waals surface area contributed by atoms with Crippen molar-refractivity contribution in [1.82, 2.24) is 14.4 Å². The van der Waals surface area contributed by atoms with Gasteiger partial charge in [-0.1, -0.05) is 43.0 Å². The molecule has 2 fully saturated rings. The summed E-state index contributed by atoms with van der Waals surface area (Å²) in [5, 5.41) is 10.5. The van der Waals surface area contributed by atoms with E-state index >= 15 is 0 Å². The molecular formula is C28H34ClN3O4S. The molecule has 2 aromatic heterocycles. The smallest absolute Gasteiger partial charge is 0.345 e. The lowest BCUT2D eigenvalue weighted by atomic mass is 9.83. The first-order valence-electron chi connectivity index (χ1n) is 13.0. The molecule has 37 heavy (non-hydrogen) atoms. The standard InChI is InChI=1S/C28H34ClN3O4S/c1-30(2)15-21-16-31(12-13-36-21)24(33)17-32-22-14-23(28(34)35)37-27(22)25(18-6-4-3-5-7-18)26(32)19-8-10-20(29)11-9-19/h8-11,14,18,21H,3-7,12-13,15-17H2,1-2H3,(H,34,35). The van der Waals surface area contributed by atoms with E-state index in [1.54, 1.807) is 6.07 Å². The minimum Gasteiger partial charge on any atom is -0.477 e. The van der Waals surface area contributed by atoms with Gasteiger partial charge in [-0.25, -0.2) is 4.79 Å². The molecule has 1 amide bonds. The van der Waals surface area contributed by atoms with Gasteiger partial charge in [0.05, 0.1) is 28.6 Å². The highest BCUT2D eigenvalue weighted by Crippen LogP contribution is 2.47. The van der Waals surface area contributed by atoms with Crippen LogP contribution in [0.3, 0.4) is 0 Å². The molecule has 7 nitrogen and oxygen atoms in total. The number of amides is 1. The van der Waals surface area contributed by atoms with E-state index in [2.05, 4.69) is 9.47 Å². The zero-order valence-electron chi connectivity index (χ0n) is 21.4. The van der Waals surface area contributed by atoms with Crippen molar-refractivity contribution >= 4 is 45.0 Å². The number of carboxylic acids is 1. The largest absolute Gasteiger partial charge is 0.477 e. The Morgan fingerprint density at radius 2 is 1.89 bits per heavy atom. The van der Waals surface area contributed by atoms with Gasteiger partial charge >= 0.3 is 5.97 Å². The number of nitrogens with zero attached hydrogens (tertiary/aromatic N) is 3. The van der Waals surface area contributed by atoms with Crippen LogP contribution in [0.2, 0.25) is 5.02 Å². The number of hydrogen-bond acceptors (Lipinski definition) is 5. The average Bonchev–Trinajstić information content (AvgIpc) is 3.43. The zero-order valence-corrected chi connectivity index (χ0v) is 23.0. The van der Waals surface area contributed by atoms with Crippen molar-refractivity contribution in [2.75, 3.05) is 40.3 Å². The summed E-state index contributed by atoms with van der Waals surface area (Å²) in [6.07, 6.45) is 5.67. The highest BCUT2D eigenvalue weighted by Gasteiger charge is 2.31. The Morgan fingerprint density at radius 1 is 1.16 bits per heavy atom. The molecular weight excluding hydrogens is 510 g/mol. The first-order valence-corrected chi connectivity index (χ1v) is 14.2. The van der Waals surface area contributed by atoms with E-state index < -0.39 is 5.97 Å². The molecule has 1 N–H and O–H groups in total. The average molecular weight is 544 g/mol. The molecule has 3 heterocycles. The number of halogens is 1. The molecule has 1 aliphatic carbocycles. The summed E-state index contributed by atoms with van der Waals surface area (Å²) in [7, 11) is 4.00. The molecule has 0 bridgehead atoms. The van der Waals surface area contributed by atoms with E-state index in [-0.39, 0.29) is 18.6 Å². The summed E-state index contributed by atoms with van der Waals surface area (Å²) in [5.41, 5.74) is 4.05. The molecule has 0 radical (unpaired) electrons. The fourth-order valence-electron chi connectivity index (χ4n) is 5.81. The van der Waals surface area contributed by atoms with Gasteiger partial charge in [0, 0.05) is 24.7 Å².